The molecule has 3 fully saturated rings. The standard InChI is InChI=1S/C23H28F3N3O/c24-23(25,26)18-4-8-19(9-5-18)28-14-1-11-22(16-28)12-15-29(21(22)30)20-6-2-17(3-7-20)10-13-27/h4-5,8-9,17,20H,1-3,6-7,10-12,14-16H2/t17-,20-,22-/m1/s1. The maximum absolute atomic E-state index is 13.4. The van der Waals surface area contributed by atoms with Crippen molar-refractivity contribution in [3.8, 4) is 6.07 Å². The molecule has 162 valence electrons. The Morgan fingerprint density at radius 3 is 2.40 bits per heavy atom. The van der Waals surface area contributed by atoms with Crippen molar-refractivity contribution in [1.29, 1.82) is 5.26 Å². The van der Waals surface area contributed by atoms with Gasteiger partial charge in [0.25, 0.3) is 0 Å². The molecule has 2 aliphatic heterocycles. The number of hydrogen-bond acceptors (Lipinski definition) is 3. The molecule has 4 nitrogen and oxygen atoms in total. The predicted molar refractivity (Wildman–Crippen MR) is 108 cm³/mol. The summed E-state index contributed by atoms with van der Waals surface area (Å²) in [6, 6.07) is 7.83. The monoisotopic (exact) mass is 419 g/mol. The molecule has 1 amide bonds. The Hall–Kier alpha value is -2.23. The molecule has 0 unspecified atom stereocenters. The van der Waals surface area contributed by atoms with Gasteiger partial charge in [-0.1, -0.05) is 0 Å². The molecule has 1 saturated carbocycles. The predicted octanol–water partition coefficient (Wildman–Crippen LogP) is 5.00. The summed E-state index contributed by atoms with van der Waals surface area (Å²) >= 11 is 0. The van der Waals surface area contributed by atoms with Crippen molar-refractivity contribution in [3.05, 3.63) is 29.8 Å². The highest BCUT2D eigenvalue weighted by molar-refractivity contribution is 5.86. The lowest BCUT2D eigenvalue weighted by Gasteiger charge is -2.41. The van der Waals surface area contributed by atoms with Crippen molar-refractivity contribution in [2.75, 3.05) is 24.5 Å². The molecule has 0 N–H and O–H groups in total. The lowest BCUT2D eigenvalue weighted by Crippen LogP contribution is -2.50. The van der Waals surface area contributed by atoms with E-state index in [0.29, 0.717) is 18.9 Å². The number of nitrogens with zero attached hydrogens (tertiary/aromatic N) is 3. The molecule has 1 aromatic rings. The zero-order valence-electron chi connectivity index (χ0n) is 17.1. The van der Waals surface area contributed by atoms with Crippen LogP contribution in [-0.2, 0) is 11.0 Å². The Balaban J connectivity index is 1.42. The van der Waals surface area contributed by atoms with Crippen LogP contribution < -0.4 is 4.90 Å². The van der Waals surface area contributed by atoms with E-state index in [-0.39, 0.29) is 11.9 Å². The lowest BCUT2D eigenvalue weighted by atomic mass is 9.78. The number of amides is 1. The fourth-order valence-corrected chi connectivity index (χ4v) is 5.58. The van der Waals surface area contributed by atoms with Crippen LogP contribution in [0.15, 0.2) is 24.3 Å². The SMILES string of the molecule is N#CC[C@H]1CC[C@H](N2CC[C@@]3(CCCN(c4ccc(C(F)(F)F)cc4)C3)C2=O)CC1. The summed E-state index contributed by atoms with van der Waals surface area (Å²) in [6.07, 6.45) is 2.76. The average molecular weight is 419 g/mol. The van der Waals surface area contributed by atoms with Gasteiger partial charge in [0.2, 0.25) is 5.91 Å². The van der Waals surface area contributed by atoms with Crippen LogP contribution in [0.1, 0.15) is 56.9 Å². The van der Waals surface area contributed by atoms with Crippen molar-refractivity contribution >= 4 is 11.6 Å². The first-order valence-corrected chi connectivity index (χ1v) is 10.9. The van der Waals surface area contributed by atoms with Crippen LogP contribution in [0.4, 0.5) is 18.9 Å². The lowest BCUT2D eigenvalue weighted by molar-refractivity contribution is -0.139. The number of likely N-dealkylation sites (tertiary alicyclic amines) is 1. The normalized spacial score (nSPS) is 30.0. The van der Waals surface area contributed by atoms with Crippen LogP contribution in [0.5, 0.6) is 0 Å². The zero-order valence-corrected chi connectivity index (χ0v) is 17.1. The zero-order chi connectivity index (χ0) is 21.4. The Labute approximate surface area is 175 Å². The van der Waals surface area contributed by atoms with Crippen LogP contribution in [0.2, 0.25) is 0 Å². The second kappa shape index (κ2) is 8.13. The largest absolute Gasteiger partial charge is 0.416 e. The summed E-state index contributed by atoms with van der Waals surface area (Å²) in [5.41, 5.74) is -0.303. The van der Waals surface area contributed by atoms with Crippen molar-refractivity contribution < 1.29 is 18.0 Å². The van der Waals surface area contributed by atoms with E-state index < -0.39 is 17.2 Å². The molecule has 1 spiro atoms. The highest BCUT2D eigenvalue weighted by Gasteiger charge is 2.50. The summed E-state index contributed by atoms with van der Waals surface area (Å²) in [4.78, 5) is 17.6. The Kier molecular flexibility index (Phi) is 5.69. The van der Waals surface area contributed by atoms with Crippen molar-refractivity contribution in [1.82, 2.24) is 4.90 Å². The highest BCUT2D eigenvalue weighted by atomic mass is 19.4. The molecule has 1 aliphatic carbocycles. The van der Waals surface area contributed by atoms with E-state index in [0.717, 1.165) is 75.9 Å². The van der Waals surface area contributed by atoms with E-state index >= 15 is 0 Å². The first-order valence-electron chi connectivity index (χ1n) is 10.9. The van der Waals surface area contributed by atoms with Gasteiger partial charge in [-0.2, -0.15) is 18.4 Å². The second-order valence-corrected chi connectivity index (χ2v) is 9.14. The average Bonchev–Trinajstić information content (AvgIpc) is 3.04. The van der Waals surface area contributed by atoms with Crippen LogP contribution in [0.3, 0.4) is 0 Å². The fraction of sp³-hybridized carbons (Fsp3) is 0.652. The number of anilines is 1. The number of alkyl halides is 3. The smallest absolute Gasteiger partial charge is 0.370 e. The molecule has 0 aromatic heterocycles. The van der Waals surface area contributed by atoms with E-state index in [4.69, 9.17) is 5.26 Å². The minimum atomic E-state index is -4.34. The van der Waals surface area contributed by atoms with Gasteiger partial charge in [0.15, 0.2) is 0 Å². The van der Waals surface area contributed by atoms with E-state index in [9.17, 15) is 18.0 Å². The summed E-state index contributed by atoms with van der Waals surface area (Å²) in [6.45, 7) is 2.12. The third-order valence-corrected chi connectivity index (χ3v) is 7.32. The Morgan fingerprint density at radius 2 is 1.77 bits per heavy atom. The molecule has 2 saturated heterocycles. The van der Waals surface area contributed by atoms with Gasteiger partial charge in [-0.15, -0.1) is 0 Å². The number of piperidine rings is 1. The number of rotatable bonds is 3. The third kappa shape index (κ3) is 4.01. The number of nitriles is 1. The molecule has 1 aromatic carbocycles. The first-order chi connectivity index (χ1) is 14.3. The van der Waals surface area contributed by atoms with Gasteiger partial charge in [0, 0.05) is 37.8 Å². The van der Waals surface area contributed by atoms with Gasteiger partial charge in [0.05, 0.1) is 17.0 Å². The second-order valence-electron chi connectivity index (χ2n) is 9.14. The number of hydrogen-bond donors (Lipinski definition) is 0. The minimum Gasteiger partial charge on any atom is -0.370 e. The fourth-order valence-electron chi connectivity index (χ4n) is 5.58. The van der Waals surface area contributed by atoms with Gasteiger partial charge in [-0.05, 0) is 75.1 Å². The third-order valence-electron chi connectivity index (χ3n) is 7.32. The van der Waals surface area contributed by atoms with Crippen LogP contribution >= 0.6 is 0 Å². The molecule has 0 bridgehead atoms. The topological polar surface area (TPSA) is 47.3 Å². The molecule has 2 heterocycles. The summed E-state index contributed by atoms with van der Waals surface area (Å²) < 4.78 is 38.6. The number of benzene rings is 1. The van der Waals surface area contributed by atoms with Gasteiger partial charge < -0.3 is 9.80 Å². The molecule has 30 heavy (non-hydrogen) atoms. The van der Waals surface area contributed by atoms with E-state index in [1.54, 1.807) is 0 Å². The van der Waals surface area contributed by atoms with Gasteiger partial charge in [0.1, 0.15) is 0 Å². The van der Waals surface area contributed by atoms with Crippen LogP contribution in [-0.4, -0.2) is 36.5 Å². The quantitative estimate of drug-likeness (QED) is 0.693. The molecule has 7 heteroatoms. The maximum atomic E-state index is 13.4. The van der Waals surface area contributed by atoms with Crippen molar-refractivity contribution in [2.45, 2.75) is 63.6 Å². The summed E-state index contributed by atoms with van der Waals surface area (Å²) in [7, 11) is 0. The van der Waals surface area contributed by atoms with E-state index in [1.165, 1.54) is 12.1 Å². The van der Waals surface area contributed by atoms with E-state index in [1.807, 2.05) is 0 Å². The minimum absolute atomic E-state index is 0.225. The highest BCUT2D eigenvalue weighted by Crippen LogP contribution is 2.44. The van der Waals surface area contributed by atoms with Gasteiger partial charge >= 0.3 is 6.18 Å². The summed E-state index contributed by atoms with van der Waals surface area (Å²) in [5, 5.41) is 8.90. The van der Waals surface area contributed by atoms with Crippen LogP contribution in [0.25, 0.3) is 0 Å². The Morgan fingerprint density at radius 1 is 1.07 bits per heavy atom. The molecule has 0 radical (unpaired) electrons. The van der Waals surface area contributed by atoms with Crippen molar-refractivity contribution in [3.63, 3.8) is 0 Å². The number of carbonyl (C=O) groups is 1. The Bertz CT molecular complexity index is 808. The first kappa shape index (κ1) is 21.0. The summed E-state index contributed by atoms with van der Waals surface area (Å²) in [5.74, 6) is 0.686. The molecular formula is C23H28F3N3O. The number of carbonyl (C=O) groups excluding carboxylic acids is 1. The molecule has 4 rings (SSSR count). The van der Waals surface area contributed by atoms with Gasteiger partial charge in [-0.25, -0.2) is 0 Å². The van der Waals surface area contributed by atoms with Crippen LogP contribution in [0, 0.1) is 22.7 Å². The molecular weight excluding hydrogens is 391 g/mol. The van der Waals surface area contributed by atoms with E-state index in [2.05, 4.69) is 15.9 Å². The molecule has 1 atom stereocenters. The van der Waals surface area contributed by atoms with Gasteiger partial charge in [-0.3, -0.25) is 4.79 Å². The maximum Gasteiger partial charge on any atom is 0.416 e. The molecule has 3 aliphatic rings. The number of halogens is 3. The van der Waals surface area contributed by atoms with Crippen molar-refractivity contribution in [2.24, 2.45) is 11.3 Å².